The molecule has 206 valence electrons. The first-order valence-electron chi connectivity index (χ1n) is 14.5. The number of amides is 1. The van der Waals surface area contributed by atoms with Crippen LogP contribution in [0.4, 0.5) is 0 Å². The highest BCUT2D eigenvalue weighted by molar-refractivity contribution is 6.03. The SMILES string of the molecule is CCCCCCCCCCCCOc1cccc(OCCCCNC(=O)c2ccc3ccccc3c2O)c1. The van der Waals surface area contributed by atoms with E-state index in [0.717, 1.165) is 42.8 Å². The van der Waals surface area contributed by atoms with E-state index in [1.54, 1.807) is 6.07 Å². The van der Waals surface area contributed by atoms with Crippen LogP contribution in [0.1, 0.15) is 94.3 Å². The summed E-state index contributed by atoms with van der Waals surface area (Å²) in [6.45, 7) is 4.10. The molecule has 0 atom stereocenters. The maximum atomic E-state index is 12.5. The van der Waals surface area contributed by atoms with Gasteiger partial charge in [-0.15, -0.1) is 0 Å². The molecule has 3 rings (SSSR count). The van der Waals surface area contributed by atoms with Gasteiger partial charge < -0.3 is 19.9 Å². The van der Waals surface area contributed by atoms with Crippen LogP contribution in [0.5, 0.6) is 17.2 Å². The maximum absolute atomic E-state index is 12.5. The Labute approximate surface area is 228 Å². The molecule has 0 fully saturated rings. The summed E-state index contributed by atoms with van der Waals surface area (Å²) in [5, 5.41) is 14.9. The zero-order valence-electron chi connectivity index (χ0n) is 23.1. The Morgan fingerprint density at radius 3 is 2.00 bits per heavy atom. The normalized spacial score (nSPS) is 11.0. The number of ether oxygens (including phenoxy) is 2. The van der Waals surface area contributed by atoms with Gasteiger partial charge in [0.25, 0.3) is 5.91 Å². The van der Waals surface area contributed by atoms with Crippen LogP contribution in [0.3, 0.4) is 0 Å². The summed E-state index contributed by atoms with van der Waals surface area (Å²) in [6, 6.07) is 18.8. The van der Waals surface area contributed by atoms with E-state index >= 15 is 0 Å². The van der Waals surface area contributed by atoms with Crippen molar-refractivity contribution in [3.05, 3.63) is 66.2 Å². The van der Waals surface area contributed by atoms with Gasteiger partial charge in [0.2, 0.25) is 0 Å². The lowest BCUT2D eigenvalue weighted by Crippen LogP contribution is -2.24. The van der Waals surface area contributed by atoms with E-state index in [1.807, 2.05) is 54.6 Å². The van der Waals surface area contributed by atoms with Crippen molar-refractivity contribution in [2.45, 2.75) is 84.0 Å². The van der Waals surface area contributed by atoms with Crippen LogP contribution in [0.25, 0.3) is 10.8 Å². The van der Waals surface area contributed by atoms with Crippen molar-refractivity contribution in [3.63, 3.8) is 0 Å². The van der Waals surface area contributed by atoms with E-state index in [1.165, 1.54) is 57.8 Å². The molecular weight excluding hydrogens is 474 g/mol. The number of rotatable bonds is 19. The van der Waals surface area contributed by atoms with Gasteiger partial charge in [-0.25, -0.2) is 0 Å². The Balaban J connectivity index is 1.24. The second-order valence-electron chi connectivity index (χ2n) is 10.00. The van der Waals surface area contributed by atoms with Crippen molar-refractivity contribution in [1.29, 1.82) is 0 Å². The van der Waals surface area contributed by atoms with E-state index in [4.69, 9.17) is 9.47 Å². The highest BCUT2D eigenvalue weighted by atomic mass is 16.5. The second-order valence-corrected chi connectivity index (χ2v) is 10.00. The van der Waals surface area contributed by atoms with Gasteiger partial charge in [0.15, 0.2) is 0 Å². The third-order valence-electron chi connectivity index (χ3n) is 6.84. The molecule has 0 aliphatic heterocycles. The second kappa shape index (κ2) is 17.3. The molecule has 1 amide bonds. The van der Waals surface area contributed by atoms with Crippen molar-refractivity contribution in [1.82, 2.24) is 5.32 Å². The number of phenols is 1. The molecular formula is C33H45NO4. The van der Waals surface area contributed by atoms with E-state index < -0.39 is 0 Å². The molecule has 0 bridgehead atoms. The standard InChI is InChI=1S/C33H45NO4/c1-2-3-4-5-6-7-8-9-10-14-24-37-28-18-16-19-29(26-28)38-25-15-13-23-34-33(36)31-22-21-27-17-11-12-20-30(27)32(31)35/h11-12,16-22,26,35H,2-10,13-15,23-25H2,1H3,(H,34,36). The summed E-state index contributed by atoms with van der Waals surface area (Å²) in [4.78, 5) is 12.5. The van der Waals surface area contributed by atoms with Crippen LogP contribution < -0.4 is 14.8 Å². The zero-order valence-corrected chi connectivity index (χ0v) is 23.1. The third-order valence-corrected chi connectivity index (χ3v) is 6.84. The predicted molar refractivity (Wildman–Crippen MR) is 156 cm³/mol. The van der Waals surface area contributed by atoms with E-state index in [2.05, 4.69) is 12.2 Å². The highest BCUT2D eigenvalue weighted by Crippen LogP contribution is 2.28. The number of benzene rings is 3. The first-order valence-corrected chi connectivity index (χ1v) is 14.5. The number of nitrogens with one attached hydrogen (secondary N) is 1. The minimum atomic E-state index is -0.263. The van der Waals surface area contributed by atoms with E-state index in [-0.39, 0.29) is 11.7 Å². The largest absolute Gasteiger partial charge is 0.506 e. The van der Waals surface area contributed by atoms with Gasteiger partial charge in [-0.3, -0.25) is 4.79 Å². The van der Waals surface area contributed by atoms with Gasteiger partial charge in [-0.2, -0.15) is 0 Å². The minimum absolute atomic E-state index is 0.0270. The topological polar surface area (TPSA) is 67.8 Å². The molecule has 0 aliphatic carbocycles. The molecule has 38 heavy (non-hydrogen) atoms. The van der Waals surface area contributed by atoms with Crippen LogP contribution in [0.15, 0.2) is 60.7 Å². The summed E-state index contributed by atoms with van der Waals surface area (Å²) < 4.78 is 11.8. The highest BCUT2D eigenvalue weighted by Gasteiger charge is 2.13. The molecule has 0 heterocycles. The predicted octanol–water partition coefficient (Wildman–Crippen LogP) is 8.43. The molecule has 0 saturated carbocycles. The Bertz CT molecular complexity index is 1100. The number of phenolic OH excluding ortho intramolecular Hbond substituents is 1. The smallest absolute Gasteiger partial charge is 0.255 e. The molecule has 3 aromatic rings. The number of unbranched alkanes of at least 4 members (excludes halogenated alkanes) is 10. The number of hydrogen-bond acceptors (Lipinski definition) is 4. The first kappa shape index (κ1) is 29.3. The lowest BCUT2D eigenvalue weighted by atomic mass is 10.0. The van der Waals surface area contributed by atoms with E-state index in [9.17, 15) is 9.90 Å². The third kappa shape index (κ3) is 10.3. The fourth-order valence-electron chi connectivity index (χ4n) is 4.59. The lowest BCUT2D eigenvalue weighted by Gasteiger charge is -2.11. The summed E-state index contributed by atoms with van der Waals surface area (Å²) in [5.41, 5.74) is 0.301. The first-order chi connectivity index (χ1) is 18.7. The van der Waals surface area contributed by atoms with Crippen LogP contribution >= 0.6 is 0 Å². The van der Waals surface area contributed by atoms with Gasteiger partial charge in [0.05, 0.1) is 18.8 Å². The molecule has 5 nitrogen and oxygen atoms in total. The fourth-order valence-corrected chi connectivity index (χ4v) is 4.59. The molecule has 0 radical (unpaired) electrons. The molecule has 0 unspecified atom stereocenters. The Morgan fingerprint density at radius 2 is 1.32 bits per heavy atom. The lowest BCUT2D eigenvalue weighted by molar-refractivity contribution is 0.0950. The molecule has 2 N–H and O–H groups in total. The Morgan fingerprint density at radius 1 is 0.711 bits per heavy atom. The fraction of sp³-hybridized carbons (Fsp3) is 0.485. The van der Waals surface area contributed by atoms with Gasteiger partial charge in [0.1, 0.15) is 17.2 Å². The van der Waals surface area contributed by atoms with Crippen LogP contribution in [0, 0.1) is 0 Å². The Hall–Kier alpha value is -3.21. The molecule has 3 aromatic carbocycles. The van der Waals surface area contributed by atoms with Crippen LogP contribution in [-0.4, -0.2) is 30.8 Å². The number of carbonyl (C=O) groups is 1. The summed E-state index contributed by atoms with van der Waals surface area (Å²) in [5.74, 6) is 1.41. The van der Waals surface area contributed by atoms with Crippen LogP contribution in [0.2, 0.25) is 0 Å². The summed E-state index contributed by atoms with van der Waals surface area (Å²) >= 11 is 0. The average molecular weight is 520 g/mol. The van der Waals surface area contributed by atoms with Gasteiger partial charge in [-0.1, -0.05) is 101 Å². The van der Waals surface area contributed by atoms with Crippen LogP contribution in [-0.2, 0) is 0 Å². The molecule has 0 spiro atoms. The van der Waals surface area contributed by atoms with Crippen molar-refractivity contribution >= 4 is 16.7 Å². The molecule has 5 heteroatoms. The van der Waals surface area contributed by atoms with Crippen molar-refractivity contribution in [2.24, 2.45) is 0 Å². The van der Waals surface area contributed by atoms with Gasteiger partial charge in [-0.05, 0) is 42.8 Å². The Kier molecular flexibility index (Phi) is 13.4. The minimum Gasteiger partial charge on any atom is -0.506 e. The quantitative estimate of drug-likeness (QED) is 0.156. The zero-order chi connectivity index (χ0) is 26.8. The number of carbonyl (C=O) groups excluding carboxylic acids is 1. The molecule has 0 aliphatic rings. The average Bonchev–Trinajstić information content (AvgIpc) is 2.94. The number of hydrogen-bond donors (Lipinski definition) is 2. The van der Waals surface area contributed by atoms with Gasteiger partial charge in [0, 0.05) is 18.0 Å². The maximum Gasteiger partial charge on any atom is 0.255 e. The van der Waals surface area contributed by atoms with Gasteiger partial charge >= 0.3 is 0 Å². The number of aromatic hydroxyl groups is 1. The molecule has 0 aromatic heterocycles. The van der Waals surface area contributed by atoms with Crippen molar-refractivity contribution < 1.29 is 19.4 Å². The van der Waals surface area contributed by atoms with Crippen molar-refractivity contribution in [3.8, 4) is 17.2 Å². The monoisotopic (exact) mass is 519 g/mol. The van der Waals surface area contributed by atoms with Crippen molar-refractivity contribution in [2.75, 3.05) is 19.8 Å². The number of fused-ring (bicyclic) bond motifs is 1. The molecule has 0 saturated heterocycles. The summed E-state index contributed by atoms with van der Waals surface area (Å²) in [6.07, 6.45) is 14.8. The van der Waals surface area contributed by atoms with E-state index in [0.29, 0.717) is 24.1 Å². The summed E-state index contributed by atoms with van der Waals surface area (Å²) in [7, 11) is 0.